The van der Waals surface area contributed by atoms with Crippen molar-refractivity contribution in [2.45, 2.75) is 45.1 Å². The monoisotopic (exact) mass is 399 g/mol. The molecule has 1 saturated heterocycles. The Morgan fingerprint density at radius 1 is 1.28 bits per heavy atom. The standard InChI is InChI=1S/C21H29N5O3/c1-14(27)25-8-4-18(24-16-5-9-29-10-6-16)17(13-25)21(22)26-7-2-3-15-11-20(28)23-12-19(15)26/h11-12,16,22,24H,2-10,13H2,1H3,(H,23,28). The van der Waals surface area contributed by atoms with Crippen LogP contribution in [0.5, 0.6) is 0 Å². The van der Waals surface area contributed by atoms with Crippen LogP contribution < -0.4 is 15.8 Å². The maximum absolute atomic E-state index is 12.0. The van der Waals surface area contributed by atoms with Crippen LogP contribution in [-0.4, -0.2) is 60.5 Å². The van der Waals surface area contributed by atoms with Gasteiger partial charge in [0.2, 0.25) is 11.5 Å². The van der Waals surface area contributed by atoms with Crippen molar-refractivity contribution in [3.05, 3.63) is 39.5 Å². The molecule has 0 aromatic carbocycles. The van der Waals surface area contributed by atoms with Crippen molar-refractivity contribution in [1.29, 1.82) is 5.41 Å². The van der Waals surface area contributed by atoms with Crippen LogP contribution in [0.25, 0.3) is 0 Å². The first-order chi connectivity index (χ1) is 14.0. The number of anilines is 1. The molecular weight excluding hydrogens is 370 g/mol. The minimum atomic E-state index is -0.112. The van der Waals surface area contributed by atoms with Gasteiger partial charge in [0.15, 0.2) is 0 Å². The molecule has 4 rings (SSSR count). The second-order valence-electron chi connectivity index (χ2n) is 7.99. The molecule has 156 valence electrons. The van der Waals surface area contributed by atoms with Crippen LogP contribution in [0.2, 0.25) is 0 Å². The van der Waals surface area contributed by atoms with Crippen molar-refractivity contribution in [3.8, 4) is 0 Å². The number of rotatable bonds is 3. The van der Waals surface area contributed by atoms with Gasteiger partial charge in [0, 0.05) is 69.2 Å². The SMILES string of the molecule is CC(=O)N1CCC(NC2CCOCC2)=C(C(=N)N2CCCc3cc(=O)[nH]cc32)C1. The van der Waals surface area contributed by atoms with Gasteiger partial charge in [-0.15, -0.1) is 0 Å². The van der Waals surface area contributed by atoms with E-state index in [0.29, 0.717) is 25.0 Å². The highest BCUT2D eigenvalue weighted by atomic mass is 16.5. The number of carbonyl (C=O) groups is 1. The van der Waals surface area contributed by atoms with E-state index in [1.165, 1.54) is 0 Å². The Morgan fingerprint density at radius 2 is 2.07 bits per heavy atom. The van der Waals surface area contributed by atoms with Gasteiger partial charge in [-0.1, -0.05) is 0 Å². The molecule has 3 N–H and O–H groups in total. The molecule has 0 spiro atoms. The Morgan fingerprint density at radius 3 is 2.83 bits per heavy atom. The summed E-state index contributed by atoms with van der Waals surface area (Å²) in [5, 5.41) is 12.7. The molecule has 0 atom stereocenters. The van der Waals surface area contributed by atoms with E-state index in [1.807, 2.05) is 4.90 Å². The minimum Gasteiger partial charge on any atom is -0.385 e. The van der Waals surface area contributed by atoms with E-state index in [2.05, 4.69) is 10.3 Å². The van der Waals surface area contributed by atoms with Crippen LogP contribution in [0.1, 0.15) is 38.2 Å². The van der Waals surface area contributed by atoms with Gasteiger partial charge in [0.05, 0.1) is 12.2 Å². The third kappa shape index (κ3) is 4.22. The minimum absolute atomic E-state index is 0.0313. The number of amides is 1. The molecule has 1 fully saturated rings. The van der Waals surface area contributed by atoms with Crippen molar-refractivity contribution in [2.24, 2.45) is 0 Å². The summed E-state index contributed by atoms with van der Waals surface area (Å²) in [5.41, 5.74) is 3.69. The van der Waals surface area contributed by atoms with E-state index in [9.17, 15) is 9.59 Å². The Kier molecular flexibility index (Phi) is 5.71. The van der Waals surface area contributed by atoms with Crippen molar-refractivity contribution in [3.63, 3.8) is 0 Å². The molecule has 1 aromatic heterocycles. The third-order valence-electron chi connectivity index (χ3n) is 6.05. The molecule has 3 aliphatic heterocycles. The highest BCUT2D eigenvalue weighted by molar-refractivity contribution is 6.09. The Bertz CT molecular complexity index is 885. The molecule has 8 nitrogen and oxygen atoms in total. The number of fused-ring (bicyclic) bond motifs is 1. The van der Waals surface area contributed by atoms with Crippen molar-refractivity contribution in [2.75, 3.05) is 37.7 Å². The van der Waals surface area contributed by atoms with Gasteiger partial charge in [0.1, 0.15) is 5.84 Å². The summed E-state index contributed by atoms with van der Waals surface area (Å²) in [7, 11) is 0. The molecule has 0 bridgehead atoms. The number of aryl methyl sites for hydroxylation is 1. The van der Waals surface area contributed by atoms with Gasteiger partial charge in [-0.2, -0.15) is 0 Å². The Labute approximate surface area is 170 Å². The molecule has 0 unspecified atom stereocenters. The number of hydrogen-bond donors (Lipinski definition) is 3. The lowest BCUT2D eigenvalue weighted by Gasteiger charge is -2.37. The fourth-order valence-corrected chi connectivity index (χ4v) is 4.40. The average molecular weight is 399 g/mol. The number of H-pyrrole nitrogens is 1. The van der Waals surface area contributed by atoms with E-state index in [-0.39, 0.29) is 11.5 Å². The first kappa shape index (κ1) is 19.7. The van der Waals surface area contributed by atoms with Gasteiger partial charge in [-0.05, 0) is 31.2 Å². The second-order valence-corrected chi connectivity index (χ2v) is 7.99. The molecule has 8 heteroatoms. The number of ether oxygens (including phenoxy) is 1. The van der Waals surface area contributed by atoms with E-state index in [4.69, 9.17) is 10.1 Å². The van der Waals surface area contributed by atoms with Crippen molar-refractivity contribution < 1.29 is 9.53 Å². The van der Waals surface area contributed by atoms with Crippen molar-refractivity contribution in [1.82, 2.24) is 15.2 Å². The van der Waals surface area contributed by atoms with Crippen molar-refractivity contribution >= 4 is 17.4 Å². The summed E-state index contributed by atoms with van der Waals surface area (Å²) >= 11 is 0. The number of carbonyl (C=O) groups excluding carboxylic acids is 1. The number of nitrogens with one attached hydrogen (secondary N) is 3. The maximum atomic E-state index is 12.0. The predicted molar refractivity (Wildman–Crippen MR) is 111 cm³/mol. The summed E-state index contributed by atoms with van der Waals surface area (Å²) in [6.07, 6.45) is 6.08. The summed E-state index contributed by atoms with van der Waals surface area (Å²) in [5.74, 6) is 0.447. The highest BCUT2D eigenvalue weighted by Gasteiger charge is 2.30. The van der Waals surface area contributed by atoms with Gasteiger partial charge in [0.25, 0.3) is 0 Å². The maximum Gasteiger partial charge on any atom is 0.248 e. The van der Waals surface area contributed by atoms with E-state index >= 15 is 0 Å². The molecule has 0 saturated carbocycles. The Balaban J connectivity index is 1.65. The normalized spacial score (nSPS) is 20.4. The highest BCUT2D eigenvalue weighted by Crippen LogP contribution is 2.29. The summed E-state index contributed by atoms with van der Waals surface area (Å²) in [6, 6.07) is 1.98. The van der Waals surface area contributed by atoms with Crippen LogP contribution in [0.4, 0.5) is 5.69 Å². The number of amidine groups is 1. The summed E-state index contributed by atoms with van der Waals surface area (Å²) in [6.45, 7) is 4.93. The lowest BCUT2D eigenvalue weighted by atomic mass is 9.98. The van der Waals surface area contributed by atoms with Crippen LogP contribution in [0, 0.1) is 5.41 Å². The Hall–Kier alpha value is -2.61. The smallest absolute Gasteiger partial charge is 0.248 e. The number of aromatic amines is 1. The number of pyridine rings is 1. The van der Waals surface area contributed by atoms with Crippen LogP contribution in [0.3, 0.4) is 0 Å². The average Bonchev–Trinajstić information content (AvgIpc) is 2.73. The fourth-order valence-electron chi connectivity index (χ4n) is 4.40. The molecule has 4 heterocycles. The largest absolute Gasteiger partial charge is 0.385 e. The fraction of sp³-hybridized carbons (Fsp3) is 0.571. The quantitative estimate of drug-likeness (QED) is 0.527. The summed E-state index contributed by atoms with van der Waals surface area (Å²) < 4.78 is 5.47. The molecular formula is C21H29N5O3. The van der Waals surface area contributed by atoms with Crippen LogP contribution in [-0.2, 0) is 16.0 Å². The molecule has 1 amide bonds. The lowest BCUT2D eigenvalue weighted by Crippen LogP contribution is -2.46. The van der Waals surface area contributed by atoms with Gasteiger partial charge in [-0.25, -0.2) is 0 Å². The molecule has 1 aromatic rings. The third-order valence-corrected chi connectivity index (χ3v) is 6.05. The number of hydrogen-bond acceptors (Lipinski definition) is 5. The molecule has 0 radical (unpaired) electrons. The lowest BCUT2D eigenvalue weighted by molar-refractivity contribution is -0.128. The zero-order chi connectivity index (χ0) is 20.4. The molecule has 3 aliphatic rings. The predicted octanol–water partition coefficient (Wildman–Crippen LogP) is 1.38. The van der Waals surface area contributed by atoms with E-state index in [0.717, 1.165) is 74.4 Å². The van der Waals surface area contributed by atoms with Crippen LogP contribution in [0.15, 0.2) is 28.3 Å². The van der Waals surface area contributed by atoms with Gasteiger partial charge in [-0.3, -0.25) is 15.0 Å². The topological polar surface area (TPSA) is 102 Å². The second kappa shape index (κ2) is 8.41. The van der Waals surface area contributed by atoms with Gasteiger partial charge < -0.3 is 24.8 Å². The zero-order valence-corrected chi connectivity index (χ0v) is 16.9. The van der Waals surface area contributed by atoms with Crippen LogP contribution >= 0.6 is 0 Å². The molecule has 29 heavy (non-hydrogen) atoms. The van der Waals surface area contributed by atoms with E-state index in [1.54, 1.807) is 24.1 Å². The number of nitrogens with zero attached hydrogens (tertiary/aromatic N) is 2. The number of aromatic nitrogens is 1. The van der Waals surface area contributed by atoms with E-state index < -0.39 is 0 Å². The first-order valence-electron chi connectivity index (χ1n) is 10.4. The summed E-state index contributed by atoms with van der Waals surface area (Å²) in [4.78, 5) is 30.2. The van der Waals surface area contributed by atoms with Gasteiger partial charge >= 0.3 is 0 Å². The zero-order valence-electron chi connectivity index (χ0n) is 16.9. The molecule has 0 aliphatic carbocycles. The first-order valence-corrected chi connectivity index (χ1v) is 10.4.